The van der Waals surface area contributed by atoms with E-state index in [-0.39, 0.29) is 17.5 Å². The van der Waals surface area contributed by atoms with Gasteiger partial charge in [-0.25, -0.2) is 13.1 Å². The Morgan fingerprint density at radius 3 is 2.90 bits per heavy atom. The van der Waals surface area contributed by atoms with Gasteiger partial charge in [0.25, 0.3) is 0 Å². The Kier molecular flexibility index (Phi) is 5.92. The third-order valence-electron chi connectivity index (χ3n) is 3.23. The maximum atomic E-state index is 12.3. The van der Waals surface area contributed by atoms with Crippen molar-refractivity contribution in [2.24, 2.45) is 0 Å². The first-order chi connectivity index (χ1) is 10.1. The molecule has 1 aliphatic rings. The predicted octanol–water partition coefficient (Wildman–Crippen LogP) is 1.75. The first-order valence-electron chi connectivity index (χ1n) is 7.03. The van der Waals surface area contributed by atoms with E-state index in [0.29, 0.717) is 17.9 Å². The van der Waals surface area contributed by atoms with Crippen LogP contribution >= 0.6 is 11.8 Å². The van der Waals surface area contributed by atoms with E-state index >= 15 is 0 Å². The highest BCUT2D eigenvalue weighted by molar-refractivity contribution is 7.99. The lowest BCUT2D eigenvalue weighted by molar-refractivity contribution is 0.262. The maximum absolute atomic E-state index is 12.3. The zero-order chi connectivity index (χ0) is 15.3. The van der Waals surface area contributed by atoms with Crippen molar-refractivity contribution in [2.75, 3.05) is 18.1 Å². The fourth-order valence-corrected chi connectivity index (χ4v) is 4.69. The van der Waals surface area contributed by atoms with Gasteiger partial charge in [-0.1, -0.05) is 6.92 Å². The minimum atomic E-state index is -3.54. The van der Waals surface area contributed by atoms with Crippen LogP contribution in [0.25, 0.3) is 0 Å². The SMILES string of the molecule is CCCOc1ccc(S(=O)(=O)NC2CCSC2)cc1CO. The summed E-state index contributed by atoms with van der Waals surface area (Å²) in [5.74, 6) is 2.33. The molecule has 0 amide bonds. The van der Waals surface area contributed by atoms with Gasteiger partial charge in [-0.3, -0.25) is 0 Å². The zero-order valence-electron chi connectivity index (χ0n) is 12.0. The molecule has 118 valence electrons. The molecule has 5 nitrogen and oxygen atoms in total. The summed E-state index contributed by atoms with van der Waals surface area (Å²) in [4.78, 5) is 0.173. The van der Waals surface area contributed by atoms with Crippen molar-refractivity contribution >= 4 is 21.8 Å². The first-order valence-corrected chi connectivity index (χ1v) is 9.67. The molecule has 1 aromatic rings. The molecular formula is C14H21NO4S2. The second-order valence-corrected chi connectivity index (χ2v) is 7.82. The second kappa shape index (κ2) is 7.49. The van der Waals surface area contributed by atoms with Crippen molar-refractivity contribution < 1.29 is 18.3 Å². The number of hydrogen-bond acceptors (Lipinski definition) is 5. The zero-order valence-corrected chi connectivity index (χ0v) is 13.7. The summed E-state index contributed by atoms with van der Waals surface area (Å²) in [6.45, 7) is 2.28. The van der Waals surface area contributed by atoms with Crippen LogP contribution in [0.4, 0.5) is 0 Å². The van der Waals surface area contributed by atoms with E-state index in [1.54, 1.807) is 17.8 Å². The van der Waals surface area contributed by atoms with Gasteiger partial charge in [0.05, 0.1) is 18.1 Å². The molecular weight excluding hydrogens is 310 g/mol. The first kappa shape index (κ1) is 16.6. The Hall–Kier alpha value is -0.760. The minimum absolute atomic E-state index is 0.00593. The Labute approximate surface area is 130 Å². The summed E-state index contributed by atoms with van der Waals surface area (Å²) < 4.78 is 32.9. The van der Waals surface area contributed by atoms with E-state index in [2.05, 4.69) is 4.72 Å². The highest BCUT2D eigenvalue weighted by Crippen LogP contribution is 2.24. The lowest BCUT2D eigenvalue weighted by Crippen LogP contribution is -2.34. The van der Waals surface area contributed by atoms with Crippen molar-refractivity contribution in [2.45, 2.75) is 37.3 Å². The lowest BCUT2D eigenvalue weighted by Gasteiger charge is -2.14. The van der Waals surface area contributed by atoms with Crippen molar-refractivity contribution in [3.8, 4) is 5.75 Å². The van der Waals surface area contributed by atoms with Crippen molar-refractivity contribution in [3.05, 3.63) is 23.8 Å². The smallest absolute Gasteiger partial charge is 0.240 e. The number of nitrogens with one attached hydrogen (secondary N) is 1. The van der Waals surface area contributed by atoms with Crippen molar-refractivity contribution in [3.63, 3.8) is 0 Å². The van der Waals surface area contributed by atoms with Crippen LogP contribution in [0.3, 0.4) is 0 Å². The Morgan fingerprint density at radius 2 is 2.29 bits per heavy atom. The second-order valence-electron chi connectivity index (χ2n) is 4.96. The molecule has 1 atom stereocenters. The summed E-state index contributed by atoms with van der Waals surface area (Å²) in [6.07, 6.45) is 1.71. The van der Waals surface area contributed by atoms with Crippen LogP contribution in [0.1, 0.15) is 25.3 Å². The number of thioether (sulfide) groups is 1. The molecule has 0 spiro atoms. The van der Waals surface area contributed by atoms with Crippen LogP contribution in [0.15, 0.2) is 23.1 Å². The van der Waals surface area contributed by atoms with E-state index in [0.717, 1.165) is 24.3 Å². The highest BCUT2D eigenvalue weighted by atomic mass is 32.2. The molecule has 0 saturated carbocycles. The van der Waals surface area contributed by atoms with E-state index in [1.165, 1.54) is 12.1 Å². The number of benzene rings is 1. The summed E-state index contributed by atoms with van der Waals surface area (Å²) in [5, 5.41) is 9.39. The van der Waals surface area contributed by atoms with Gasteiger partial charge in [0.1, 0.15) is 5.75 Å². The van der Waals surface area contributed by atoms with Crippen molar-refractivity contribution in [1.29, 1.82) is 0 Å². The molecule has 7 heteroatoms. The van der Waals surface area contributed by atoms with Gasteiger partial charge in [0, 0.05) is 17.4 Å². The van der Waals surface area contributed by atoms with Gasteiger partial charge in [0.15, 0.2) is 0 Å². The van der Waals surface area contributed by atoms with Gasteiger partial charge in [-0.05, 0) is 36.8 Å². The van der Waals surface area contributed by atoms with Crippen LogP contribution < -0.4 is 9.46 Å². The maximum Gasteiger partial charge on any atom is 0.240 e. The number of sulfonamides is 1. The number of aliphatic hydroxyl groups is 1. The average molecular weight is 331 g/mol. The summed E-state index contributed by atoms with van der Waals surface area (Å²) in [7, 11) is -3.54. The lowest BCUT2D eigenvalue weighted by atomic mass is 10.2. The molecule has 2 N–H and O–H groups in total. The van der Waals surface area contributed by atoms with E-state index in [4.69, 9.17) is 4.74 Å². The fourth-order valence-electron chi connectivity index (χ4n) is 2.11. The molecule has 1 fully saturated rings. The molecule has 0 bridgehead atoms. The number of hydrogen-bond donors (Lipinski definition) is 2. The third kappa shape index (κ3) is 4.35. The van der Waals surface area contributed by atoms with Gasteiger partial charge in [0.2, 0.25) is 10.0 Å². The van der Waals surface area contributed by atoms with E-state index < -0.39 is 10.0 Å². The fraction of sp³-hybridized carbons (Fsp3) is 0.571. The standard InChI is InChI=1S/C14H21NO4S2/c1-2-6-19-14-4-3-13(8-11(14)9-16)21(17,18)15-12-5-7-20-10-12/h3-4,8,12,15-16H,2,5-7,9-10H2,1H3. The van der Waals surface area contributed by atoms with Crippen LogP contribution in [-0.2, 0) is 16.6 Å². The molecule has 1 unspecified atom stereocenters. The molecule has 0 aliphatic carbocycles. The number of aliphatic hydroxyl groups excluding tert-OH is 1. The molecule has 0 radical (unpaired) electrons. The quantitative estimate of drug-likeness (QED) is 0.796. The number of ether oxygens (including phenoxy) is 1. The summed E-state index contributed by atoms with van der Waals surface area (Å²) in [6, 6.07) is 4.61. The molecule has 0 aromatic heterocycles. The highest BCUT2D eigenvalue weighted by Gasteiger charge is 2.23. The van der Waals surface area contributed by atoms with Crippen LogP contribution in [-0.4, -0.2) is 37.7 Å². The normalized spacial score (nSPS) is 18.9. The Balaban J connectivity index is 2.18. The van der Waals surface area contributed by atoms with Crippen LogP contribution in [0.5, 0.6) is 5.75 Å². The molecule has 21 heavy (non-hydrogen) atoms. The van der Waals surface area contributed by atoms with Gasteiger partial charge in [-0.15, -0.1) is 0 Å². The minimum Gasteiger partial charge on any atom is -0.493 e. The third-order valence-corrected chi connectivity index (χ3v) is 5.91. The largest absolute Gasteiger partial charge is 0.493 e. The monoisotopic (exact) mass is 331 g/mol. The van der Waals surface area contributed by atoms with Gasteiger partial charge in [-0.2, -0.15) is 11.8 Å². The van der Waals surface area contributed by atoms with Crippen LogP contribution in [0, 0.1) is 0 Å². The van der Waals surface area contributed by atoms with E-state index in [9.17, 15) is 13.5 Å². The van der Waals surface area contributed by atoms with Crippen LogP contribution in [0.2, 0.25) is 0 Å². The summed E-state index contributed by atoms with van der Waals surface area (Å²) in [5.41, 5.74) is 0.493. The summed E-state index contributed by atoms with van der Waals surface area (Å²) >= 11 is 1.75. The molecule has 1 saturated heterocycles. The van der Waals surface area contributed by atoms with Gasteiger partial charge < -0.3 is 9.84 Å². The number of rotatable bonds is 7. The Morgan fingerprint density at radius 1 is 1.48 bits per heavy atom. The average Bonchev–Trinajstić information content (AvgIpc) is 2.97. The molecule has 1 aromatic carbocycles. The molecule has 1 aliphatic heterocycles. The van der Waals surface area contributed by atoms with Crippen molar-refractivity contribution in [1.82, 2.24) is 4.72 Å². The molecule has 2 rings (SSSR count). The van der Waals surface area contributed by atoms with E-state index in [1.807, 2.05) is 6.92 Å². The molecule has 1 heterocycles. The topological polar surface area (TPSA) is 75.6 Å². The van der Waals surface area contributed by atoms with Gasteiger partial charge >= 0.3 is 0 Å². The Bertz CT molecular complexity index is 568. The predicted molar refractivity (Wildman–Crippen MR) is 84.2 cm³/mol.